The van der Waals surface area contributed by atoms with Crippen LogP contribution in [0.25, 0.3) is 0 Å². The molecule has 4 unspecified atom stereocenters. The Morgan fingerprint density at radius 2 is 0.974 bits per heavy atom. The maximum Gasteiger partial charge on any atom is 0.187 e. The monoisotopic (exact) mass is 604 g/mol. The molecule has 6 aliphatic rings. The van der Waals surface area contributed by atoms with E-state index in [0.29, 0.717) is 47.6 Å². The molecule has 6 rings (SSSR count). The molecule has 0 aromatic heterocycles. The third kappa shape index (κ3) is 8.98. The summed E-state index contributed by atoms with van der Waals surface area (Å²) in [7, 11) is 0. The van der Waals surface area contributed by atoms with Crippen LogP contribution in [0.1, 0.15) is 79.1 Å². The summed E-state index contributed by atoms with van der Waals surface area (Å²) >= 11 is 0. The van der Waals surface area contributed by atoms with Crippen molar-refractivity contribution < 1.29 is 43.6 Å². The largest absolute Gasteiger partial charge is 0.478 e. The SMILES string of the molecule is C1=CCC=C1.C1=CCC=C1.CC(C)[C@H]1COC(C2CCCC2C2CCCC2C2=N[C@@H](C(C)C)CO2)=N1.[Fe].[Fe]. The molecule has 38 heavy (non-hydrogen) atoms. The van der Waals surface area contributed by atoms with Gasteiger partial charge in [0.15, 0.2) is 11.8 Å². The smallest absolute Gasteiger partial charge is 0.187 e. The molecule has 0 N–H and O–H groups in total. The standard InChI is InChI=1S/C22H36N2O2.2C5H6.2Fe/c1-13(2)19-11-25-21(23-19)17-9-5-7-15(17)16-8-6-10-18(16)22-24-20(12-26-22)14(3)4;2*1-2-4-5-3-1;;/h13-20H,5-12H2,1-4H3;2*1-4H,5H2;;/t15?,16?,17?,18?,19-,20-;;;;/m1..../s1. The van der Waals surface area contributed by atoms with Crippen molar-refractivity contribution in [2.75, 3.05) is 13.2 Å². The summed E-state index contributed by atoms with van der Waals surface area (Å²) in [5, 5.41) is 0. The molecule has 0 radical (unpaired) electrons. The van der Waals surface area contributed by atoms with Gasteiger partial charge in [0.25, 0.3) is 0 Å². The third-order valence-corrected chi connectivity index (χ3v) is 8.56. The topological polar surface area (TPSA) is 43.2 Å². The molecule has 2 aliphatic heterocycles. The van der Waals surface area contributed by atoms with Gasteiger partial charge in [0, 0.05) is 46.0 Å². The molecular weight excluding hydrogens is 556 g/mol. The first-order chi connectivity index (χ1) is 17.5. The Balaban J connectivity index is 0.000000354. The predicted molar refractivity (Wildman–Crippen MR) is 151 cm³/mol. The molecule has 214 valence electrons. The van der Waals surface area contributed by atoms with Crippen LogP contribution in [-0.4, -0.2) is 37.1 Å². The summed E-state index contributed by atoms with van der Waals surface area (Å²) in [5.74, 6) is 5.77. The van der Waals surface area contributed by atoms with Crippen molar-refractivity contribution in [2.24, 2.45) is 45.5 Å². The first kappa shape index (κ1) is 33.1. The molecule has 2 saturated carbocycles. The van der Waals surface area contributed by atoms with Crippen molar-refractivity contribution in [3.63, 3.8) is 0 Å². The van der Waals surface area contributed by atoms with Crippen molar-refractivity contribution in [1.29, 1.82) is 0 Å². The Morgan fingerprint density at radius 3 is 1.24 bits per heavy atom. The van der Waals surface area contributed by atoms with Crippen molar-refractivity contribution in [3.05, 3.63) is 48.6 Å². The van der Waals surface area contributed by atoms with Gasteiger partial charge in [-0.25, -0.2) is 9.98 Å². The Bertz CT molecular complexity index is 798. The van der Waals surface area contributed by atoms with Crippen LogP contribution in [0.4, 0.5) is 0 Å². The maximum absolute atomic E-state index is 6.10. The fraction of sp³-hybridized carbons (Fsp3) is 0.688. The second kappa shape index (κ2) is 16.9. The van der Waals surface area contributed by atoms with Crippen LogP contribution in [0.5, 0.6) is 0 Å². The van der Waals surface area contributed by atoms with Crippen molar-refractivity contribution in [3.8, 4) is 0 Å². The maximum atomic E-state index is 6.10. The first-order valence-corrected chi connectivity index (χ1v) is 14.6. The minimum absolute atomic E-state index is 0. The number of hydrogen-bond acceptors (Lipinski definition) is 4. The Kier molecular flexibility index (Phi) is 14.7. The minimum Gasteiger partial charge on any atom is -0.478 e. The average molecular weight is 604 g/mol. The van der Waals surface area contributed by atoms with Crippen molar-refractivity contribution in [1.82, 2.24) is 0 Å². The van der Waals surface area contributed by atoms with Gasteiger partial charge in [-0.2, -0.15) is 0 Å². The molecule has 0 spiro atoms. The molecule has 4 aliphatic carbocycles. The Morgan fingerprint density at radius 1 is 0.605 bits per heavy atom. The number of hydrogen-bond donors (Lipinski definition) is 0. The van der Waals surface area contributed by atoms with E-state index >= 15 is 0 Å². The first-order valence-electron chi connectivity index (χ1n) is 14.6. The van der Waals surface area contributed by atoms with Gasteiger partial charge in [0.2, 0.25) is 0 Å². The van der Waals surface area contributed by atoms with Crippen LogP contribution in [0.15, 0.2) is 58.6 Å². The van der Waals surface area contributed by atoms with Gasteiger partial charge >= 0.3 is 0 Å². The number of ether oxygens (including phenoxy) is 2. The van der Waals surface area contributed by atoms with Gasteiger partial charge in [-0.3, -0.25) is 0 Å². The van der Waals surface area contributed by atoms with Gasteiger partial charge in [0.05, 0.1) is 12.1 Å². The second-order valence-electron chi connectivity index (χ2n) is 11.8. The molecule has 6 heteroatoms. The Labute approximate surface area is 252 Å². The normalized spacial score (nSPS) is 32.1. The van der Waals surface area contributed by atoms with Crippen LogP contribution in [-0.2, 0) is 43.6 Å². The zero-order chi connectivity index (χ0) is 25.3. The van der Waals surface area contributed by atoms with E-state index in [1.165, 1.54) is 38.5 Å². The van der Waals surface area contributed by atoms with Crippen molar-refractivity contribution >= 4 is 11.8 Å². The van der Waals surface area contributed by atoms with E-state index in [1.54, 1.807) is 0 Å². The number of nitrogens with zero attached hydrogens (tertiary/aromatic N) is 2. The van der Waals surface area contributed by atoms with Crippen molar-refractivity contribution in [2.45, 2.75) is 91.1 Å². The fourth-order valence-electron chi connectivity index (χ4n) is 6.31. The molecule has 0 saturated heterocycles. The van der Waals surface area contributed by atoms with Gasteiger partial charge in [-0.05, 0) is 62.2 Å². The van der Waals surface area contributed by atoms with E-state index in [0.717, 1.165) is 37.9 Å². The minimum atomic E-state index is 0. The third-order valence-electron chi connectivity index (χ3n) is 8.56. The van der Waals surface area contributed by atoms with Gasteiger partial charge in [-0.1, -0.05) is 89.1 Å². The predicted octanol–water partition coefficient (Wildman–Crippen LogP) is 7.73. The van der Waals surface area contributed by atoms with E-state index < -0.39 is 0 Å². The van der Waals surface area contributed by atoms with Gasteiger partial charge in [0.1, 0.15) is 13.2 Å². The average Bonchev–Trinajstić information content (AvgIpc) is 3.72. The summed E-state index contributed by atoms with van der Waals surface area (Å²) in [4.78, 5) is 9.96. The van der Waals surface area contributed by atoms with E-state index in [2.05, 4.69) is 76.3 Å². The Hall–Kier alpha value is -1.06. The van der Waals surface area contributed by atoms with E-state index in [9.17, 15) is 0 Å². The van der Waals surface area contributed by atoms with Crippen LogP contribution in [0.2, 0.25) is 0 Å². The van der Waals surface area contributed by atoms with Gasteiger partial charge < -0.3 is 9.47 Å². The van der Waals surface area contributed by atoms with Crippen LogP contribution >= 0.6 is 0 Å². The van der Waals surface area contributed by atoms with Gasteiger partial charge in [-0.15, -0.1) is 0 Å². The molecule has 0 bridgehead atoms. The van der Waals surface area contributed by atoms with E-state index in [-0.39, 0.29) is 34.1 Å². The molecule has 6 atom stereocenters. The summed E-state index contributed by atoms with van der Waals surface area (Å²) in [6.45, 7) is 10.6. The molecular formula is C32H48Fe2N2O2. The molecule has 2 fully saturated rings. The molecule has 4 nitrogen and oxygen atoms in total. The van der Waals surface area contributed by atoms with Crippen LogP contribution in [0, 0.1) is 35.5 Å². The summed E-state index contributed by atoms with van der Waals surface area (Å²) < 4.78 is 12.2. The molecule has 2 heterocycles. The summed E-state index contributed by atoms with van der Waals surface area (Å²) in [6, 6.07) is 0.722. The number of rotatable bonds is 5. The van der Waals surface area contributed by atoms with Crippen LogP contribution in [0.3, 0.4) is 0 Å². The summed E-state index contributed by atoms with van der Waals surface area (Å²) in [6.07, 6.45) is 26.8. The molecule has 0 amide bonds. The quantitative estimate of drug-likeness (QED) is 0.302. The molecule has 0 aromatic carbocycles. The van der Waals surface area contributed by atoms with E-state index in [4.69, 9.17) is 19.5 Å². The number of allylic oxidation sites excluding steroid dienone is 8. The second-order valence-corrected chi connectivity index (χ2v) is 11.8. The fourth-order valence-corrected chi connectivity index (χ4v) is 6.31. The number of aliphatic imine (C=N–C) groups is 2. The summed E-state index contributed by atoms with van der Waals surface area (Å²) in [5.41, 5.74) is 0. The zero-order valence-corrected chi connectivity index (χ0v) is 25.9. The zero-order valence-electron chi connectivity index (χ0n) is 23.7. The van der Waals surface area contributed by atoms with E-state index in [1.807, 2.05) is 0 Å². The molecule has 0 aromatic rings. The van der Waals surface area contributed by atoms with Crippen LogP contribution < -0.4 is 0 Å².